The topological polar surface area (TPSA) is 44.7 Å². The zero-order valence-electron chi connectivity index (χ0n) is 21.7. The van der Waals surface area contributed by atoms with E-state index in [1.54, 1.807) is 7.11 Å². The first-order valence-electron chi connectivity index (χ1n) is 12.4. The van der Waals surface area contributed by atoms with Crippen LogP contribution in [0, 0.1) is 6.92 Å². The Hall–Kier alpha value is -3.88. The van der Waals surface area contributed by atoms with Crippen LogP contribution in [0.3, 0.4) is 0 Å². The predicted octanol–water partition coefficient (Wildman–Crippen LogP) is 10.1. The molecule has 1 heterocycles. The number of aryl methyl sites for hydroxylation is 1. The second-order valence-corrected chi connectivity index (χ2v) is 11.4. The lowest BCUT2D eigenvalue weighted by Crippen LogP contribution is -2.10. The molecule has 37 heavy (non-hydrogen) atoms. The number of methoxy groups -OCH3 is 1. The first-order valence-corrected chi connectivity index (χ1v) is 13.5. The normalized spacial score (nSPS) is 12.4. The molecule has 0 bridgehead atoms. The standard InChI is InChI=1S/C32H29O4P/c1-20-16-27-26-15-14-23(32(2,3)4)19-28(26)34-37(36-31(27)29(17-20)33-5)35-30-24-12-8-6-10-21(24)18-22-11-7-9-13-25(22)30/h6-19H,1-5H3. The first kappa shape index (κ1) is 23.5. The van der Waals surface area contributed by atoms with E-state index < -0.39 is 8.24 Å². The van der Waals surface area contributed by atoms with Crippen LogP contribution in [0.5, 0.6) is 11.5 Å². The van der Waals surface area contributed by atoms with Gasteiger partial charge >= 0.3 is 8.24 Å². The molecule has 6 aromatic rings. The molecule has 4 nitrogen and oxygen atoms in total. The summed E-state index contributed by atoms with van der Waals surface area (Å²) in [6.07, 6.45) is 0. The molecular formula is C32H29O4P. The van der Waals surface area contributed by atoms with Gasteiger partial charge in [0.1, 0.15) is 5.58 Å². The smallest absolute Gasteiger partial charge is 0.453 e. The Morgan fingerprint density at radius 2 is 1.38 bits per heavy atom. The highest BCUT2D eigenvalue weighted by Crippen LogP contribution is 2.45. The Bertz CT molecular complexity index is 1790. The van der Waals surface area contributed by atoms with Gasteiger partial charge in [-0.1, -0.05) is 81.4 Å². The summed E-state index contributed by atoms with van der Waals surface area (Å²) in [5.41, 5.74) is 3.60. The Morgan fingerprint density at radius 3 is 2.03 bits per heavy atom. The van der Waals surface area contributed by atoms with Crippen molar-refractivity contribution in [2.75, 3.05) is 7.11 Å². The predicted molar refractivity (Wildman–Crippen MR) is 154 cm³/mol. The van der Waals surface area contributed by atoms with Crippen LogP contribution in [-0.4, -0.2) is 7.11 Å². The molecule has 186 valence electrons. The zero-order valence-corrected chi connectivity index (χ0v) is 22.6. The minimum absolute atomic E-state index is 0.0336. The number of rotatable bonds is 3. The third-order valence-corrected chi connectivity index (χ3v) is 7.79. The van der Waals surface area contributed by atoms with Crippen LogP contribution >= 0.6 is 8.24 Å². The Kier molecular flexibility index (Phi) is 5.66. The van der Waals surface area contributed by atoms with E-state index in [1.807, 2.05) is 30.3 Å². The maximum absolute atomic E-state index is 6.70. The van der Waals surface area contributed by atoms with Crippen molar-refractivity contribution in [3.8, 4) is 11.5 Å². The third kappa shape index (κ3) is 4.22. The largest absolute Gasteiger partial charge is 0.493 e. The van der Waals surface area contributed by atoms with E-state index >= 15 is 0 Å². The van der Waals surface area contributed by atoms with Crippen LogP contribution in [-0.2, 0) is 5.41 Å². The molecule has 0 fully saturated rings. The van der Waals surface area contributed by atoms with Crippen molar-refractivity contribution in [2.24, 2.45) is 0 Å². The molecule has 5 aromatic carbocycles. The summed E-state index contributed by atoms with van der Waals surface area (Å²) in [7, 11) is -0.192. The van der Waals surface area contributed by atoms with Crippen molar-refractivity contribution in [2.45, 2.75) is 33.1 Å². The minimum Gasteiger partial charge on any atom is -0.493 e. The first-order chi connectivity index (χ1) is 17.8. The number of fused-ring (bicyclic) bond motifs is 5. The quantitative estimate of drug-likeness (QED) is 0.223. The van der Waals surface area contributed by atoms with Gasteiger partial charge in [-0.25, -0.2) is 0 Å². The molecule has 0 radical (unpaired) electrons. The van der Waals surface area contributed by atoms with Gasteiger partial charge in [0.25, 0.3) is 0 Å². The highest BCUT2D eigenvalue weighted by molar-refractivity contribution is 7.32. The van der Waals surface area contributed by atoms with Crippen LogP contribution < -0.4 is 9.26 Å². The summed E-state index contributed by atoms with van der Waals surface area (Å²) in [6, 6.07) is 29.2. The number of ether oxygens (including phenoxy) is 1. The molecule has 6 rings (SSSR count). The Labute approximate surface area is 217 Å². The van der Waals surface area contributed by atoms with Gasteiger partial charge in [0.2, 0.25) is 0 Å². The van der Waals surface area contributed by atoms with Gasteiger partial charge in [0.15, 0.2) is 17.1 Å². The van der Waals surface area contributed by atoms with Crippen molar-refractivity contribution in [3.05, 3.63) is 96.1 Å². The average molecular weight is 509 g/mol. The lowest BCUT2D eigenvalue weighted by Gasteiger charge is -2.18. The highest BCUT2D eigenvalue weighted by Gasteiger charge is 2.19. The zero-order chi connectivity index (χ0) is 25.7. The molecule has 0 spiro atoms. The van der Waals surface area contributed by atoms with Crippen LogP contribution in [0.1, 0.15) is 31.9 Å². The van der Waals surface area contributed by atoms with Gasteiger partial charge in [0.05, 0.1) is 7.11 Å². The Balaban J connectivity index is 1.70. The second-order valence-electron chi connectivity index (χ2n) is 10.5. The van der Waals surface area contributed by atoms with Gasteiger partial charge in [-0.15, -0.1) is 0 Å². The van der Waals surface area contributed by atoms with E-state index in [-0.39, 0.29) is 5.41 Å². The lowest BCUT2D eigenvalue weighted by atomic mass is 9.86. The highest BCUT2D eigenvalue weighted by atomic mass is 31.1. The van der Waals surface area contributed by atoms with Gasteiger partial charge in [-0.2, -0.15) is 0 Å². The number of hydrogen-bond donors (Lipinski definition) is 0. The molecule has 0 aliphatic carbocycles. The fourth-order valence-corrected chi connectivity index (χ4v) is 5.93. The molecule has 0 amide bonds. The maximum atomic E-state index is 6.70. The van der Waals surface area contributed by atoms with Crippen molar-refractivity contribution in [1.82, 2.24) is 0 Å². The van der Waals surface area contributed by atoms with Crippen molar-refractivity contribution in [3.63, 3.8) is 0 Å². The van der Waals surface area contributed by atoms with Gasteiger partial charge in [-0.3, -0.25) is 0 Å². The lowest BCUT2D eigenvalue weighted by molar-refractivity contribution is 0.410. The van der Waals surface area contributed by atoms with Crippen LogP contribution in [0.15, 0.2) is 93.3 Å². The molecule has 0 aliphatic heterocycles. The molecule has 1 atom stereocenters. The summed E-state index contributed by atoms with van der Waals surface area (Å²) in [5, 5.41) is 6.12. The molecule has 1 unspecified atom stereocenters. The van der Waals surface area contributed by atoms with Gasteiger partial charge < -0.3 is 17.7 Å². The summed E-state index contributed by atoms with van der Waals surface area (Å²) in [4.78, 5) is 0. The fourth-order valence-electron chi connectivity index (χ4n) is 4.83. The van der Waals surface area contributed by atoms with Crippen molar-refractivity contribution in [1.29, 1.82) is 0 Å². The van der Waals surface area contributed by atoms with E-state index in [9.17, 15) is 0 Å². The van der Waals surface area contributed by atoms with E-state index in [0.717, 1.165) is 49.2 Å². The molecule has 0 N–H and O–H groups in total. The van der Waals surface area contributed by atoms with E-state index in [0.29, 0.717) is 11.3 Å². The summed E-state index contributed by atoms with van der Waals surface area (Å²) in [5.74, 6) is 1.41. The number of benzene rings is 5. The summed E-state index contributed by atoms with van der Waals surface area (Å²) in [6.45, 7) is 8.65. The van der Waals surface area contributed by atoms with Crippen molar-refractivity contribution < 1.29 is 17.7 Å². The summed E-state index contributed by atoms with van der Waals surface area (Å²) >= 11 is 0. The molecule has 5 heteroatoms. The SMILES string of the molecule is COc1cc(C)cc2c1op(Oc1c3ccccc3cc3ccccc13)oc1cc(C(C)(C)C)ccc12. The Morgan fingerprint density at radius 1 is 0.703 bits per heavy atom. The average Bonchev–Trinajstić information content (AvgIpc) is 3.03. The molecule has 0 aliphatic rings. The van der Waals surface area contributed by atoms with E-state index in [4.69, 9.17) is 17.7 Å². The van der Waals surface area contributed by atoms with Gasteiger partial charge in [-0.05, 0) is 58.5 Å². The summed E-state index contributed by atoms with van der Waals surface area (Å²) < 4.78 is 25.6. The van der Waals surface area contributed by atoms with Crippen LogP contribution in [0.4, 0.5) is 0 Å². The monoisotopic (exact) mass is 508 g/mol. The molecule has 0 saturated carbocycles. The maximum Gasteiger partial charge on any atom is 0.453 e. The van der Waals surface area contributed by atoms with E-state index in [2.05, 4.69) is 82.3 Å². The van der Waals surface area contributed by atoms with Crippen LogP contribution in [0.25, 0.3) is 43.5 Å². The van der Waals surface area contributed by atoms with E-state index in [1.165, 1.54) is 5.56 Å². The third-order valence-electron chi connectivity index (χ3n) is 6.78. The minimum atomic E-state index is -1.85. The molecule has 0 saturated heterocycles. The van der Waals surface area contributed by atoms with Gasteiger partial charge in [0, 0.05) is 21.5 Å². The fraction of sp³-hybridized carbons (Fsp3) is 0.188. The number of hydrogen-bond acceptors (Lipinski definition) is 4. The second kappa shape index (κ2) is 8.90. The molecule has 1 aromatic heterocycles. The van der Waals surface area contributed by atoms with Crippen molar-refractivity contribution >= 4 is 51.7 Å². The molecular weight excluding hydrogens is 479 g/mol. The van der Waals surface area contributed by atoms with Crippen LogP contribution in [0.2, 0.25) is 0 Å².